The Labute approximate surface area is 111 Å². The first kappa shape index (κ1) is 13.4. The van der Waals surface area contributed by atoms with E-state index in [1.165, 1.54) is 12.1 Å². The fourth-order valence-electron chi connectivity index (χ4n) is 2.05. The average Bonchev–Trinajstić information content (AvgIpc) is 2.71. The molecule has 2 nitrogen and oxygen atoms in total. The molecule has 0 fully saturated rings. The van der Waals surface area contributed by atoms with Gasteiger partial charge in [0.25, 0.3) is 0 Å². The van der Waals surface area contributed by atoms with Crippen LogP contribution in [0.2, 0.25) is 5.02 Å². The number of furan rings is 1. The van der Waals surface area contributed by atoms with Crippen LogP contribution in [0.15, 0.2) is 16.5 Å². The number of hydrogen-bond donors (Lipinski definition) is 1. The van der Waals surface area contributed by atoms with Crippen LogP contribution in [0.5, 0.6) is 0 Å². The van der Waals surface area contributed by atoms with Crippen molar-refractivity contribution >= 4 is 22.6 Å². The lowest BCUT2D eigenvalue weighted by Gasteiger charge is -2.06. The monoisotopic (exact) mass is 269 g/mol. The molecule has 0 saturated heterocycles. The number of fused-ring (bicyclic) bond motifs is 1. The molecule has 0 amide bonds. The highest BCUT2D eigenvalue weighted by atomic mass is 35.5. The summed E-state index contributed by atoms with van der Waals surface area (Å²) >= 11 is 6.05. The van der Waals surface area contributed by atoms with Crippen LogP contribution in [0.4, 0.5) is 4.39 Å². The van der Waals surface area contributed by atoms with Gasteiger partial charge in [-0.05, 0) is 18.6 Å². The molecule has 18 heavy (non-hydrogen) atoms. The summed E-state index contributed by atoms with van der Waals surface area (Å²) in [5, 5.41) is 4.25. The van der Waals surface area contributed by atoms with E-state index in [1.54, 1.807) is 0 Å². The van der Waals surface area contributed by atoms with Gasteiger partial charge in [-0.1, -0.05) is 32.4 Å². The topological polar surface area (TPSA) is 25.2 Å². The molecule has 98 valence electrons. The van der Waals surface area contributed by atoms with Crippen molar-refractivity contribution in [2.45, 2.75) is 39.8 Å². The quantitative estimate of drug-likeness (QED) is 0.896. The van der Waals surface area contributed by atoms with Crippen LogP contribution in [0, 0.1) is 5.82 Å². The summed E-state index contributed by atoms with van der Waals surface area (Å²) in [6, 6.07) is 3.27. The zero-order chi connectivity index (χ0) is 13.3. The Hall–Kier alpha value is -1.06. The summed E-state index contributed by atoms with van der Waals surface area (Å²) in [6.45, 7) is 6.69. The van der Waals surface area contributed by atoms with Crippen molar-refractivity contribution in [1.82, 2.24) is 5.32 Å². The maximum absolute atomic E-state index is 13.9. The van der Waals surface area contributed by atoms with Crippen molar-refractivity contribution in [3.05, 3.63) is 34.3 Å². The highest BCUT2D eigenvalue weighted by Crippen LogP contribution is 2.33. The van der Waals surface area contributed by atoms with Gasteiger partial charge in [0.15, 0.2) is 5.58 Å². The largest absolute Gasteiger partial charge is 0.458 e. The van der Waals surface area contributed by atoms with Gasteiger partial charge in [0.1, 0.15) is 11.6 Å². The molecule has 0 bridgehead atoms. The lowest BCUT2D eigenvalue weighted by Crippen LogP contribution is -2.22. The SMILES string of the molecule is CCc1c(CNC(C)C)oc2c(Cl)ccc(F)c12. The highest BCUT2D eigenvalue weighted by Gasteiger charge is 2.18. The molecular formula is C14H17ClFNO. The van der Waals surface area contributed by atoms with Gasteiger partial charge in [-0.3, -0.25) is 0 Å². The first-order valence-corrected chi connectivity index (χ1v) is 6.54. The first-order valence-electron chi connectivity index (χ1n) is 6.16. The van der Waals surface area contributed by atoms with Gasteiger partial charge in [-0.25, -0.2) is 4.39 Å². The number of benzene rings is 1. The molecule has 0 saturated carbocycles. The Morgan fingerprint density at radius 2 is 2.11 bits per heavy atom. The van der Waals surface area contributed by atoms with Gasteiger partial charge in [0.05, 0.1) is 17.0 Å². The van der Waals surface area contributed by atoms with Crippen molar-refractivity contribution < 1.29 is 8.81 Å². The zero-order valence-corrected chi connectivity index (χ0v) is 11.6. The van der Waals surface area contributed by atoms with E-state index in [0.717, 1.165) is 17.7 Å². The fourth-order valence-corrected chi connectivity index (χ4v) is 2.25. The van der Waals surface area contributed by atoms with Crippen LogP contribution in [0.25, 0.3) is 11.0 Å². The maximum Gasteiger partial charge on any atom is 0.156 e. The van der Waals surface area contributed by atoms with Crippen LogP contribution in [0.3, 0.4) is 0 Å². The van der Waals surface area contributed by atoms with E-state index >= 15 is 0 Å². The number of aryl methyl sites for hydroxylation is 1. The Kier molecular flexibility index (Phi) is 3.93. The van der Waals surface area contributed by atoms with E-state index in [2.05, 4.69) is 19.2 Å². The van der Waals surface area contributed by atoms with Crippen LogP contribution in [-0.4, -0.2) is 6.04 Å². The highest BCUT2D eigenvalue weighted by molar-refractivity contribution is 6.34. The second-order valence-electron chi connectivity index (χ2n) is 4.63. The molecule has 2 rings (SSSR count). The van der Waals surface area contributed by atoms with Crippen LogP contribution >= 0.6 is 11.6 Å². The molecule has 4 heteroatoms. The van der Waals surface area contributed by atoms with E-state index in [-0.39, 0.29) is 5.82 Å². The molecule has 2 aromatic rings. The van der Waals surface area contributed by atoms with Gasteiger partial charge in [0, 0.05) is 11.6 Å². The summed E-state index contributed by atoms with van der Waals surface area (Å²) < 4.78 is 19.6. The Morgan fingerprint density at radius 3 is 2.72 bits per heavy atom. The summed E-state index contributed by atoms with van der Waals surface area (Å²) in [4.78, 5) is 0. The predicted molar refractivity (Wildman–Crippen MR) is 72.5 cm³/mol. The molecule has 1 aromatic heterocycles. The summed E-state index contributed by atoms with van der Waals surface area (Å²) in [6.07, 6.45) is 0.722. The molecule has 0 atom stereocenters. The normalized spacial score (nSPS) is 11.7. The Bertz CT molecular complexity index is 562. The minimum absolute atomic E-state index is 0.272. The third-order valence-corrected chi connectivity index (χ3v) is 3.24. The number of nitrogens with one attached hydrogen (secondary N) is 1. The Balaban J connectivity index is 2.54. The van der Waals surface area contributed by atoms with Crippen LogP contribution in [-0.2, 0) is 13.0 Å². The van der Waals surface area contributed by atoms with E-state index < -0.39 is 0 Å². The molecule has 0 radical (unpaired) electrons. The van der Waals surface area contributed by atoms with Gasteiger partial charge in [0.2, 0.25) is 0 Å². The van der Waals surface area contributed by atoms with E-state index in [0.29, 0.717) is 28.6 Å². The third kappa shape index (κ3) is 2.38. The van der Waals surface area contributed by atoms with E-state index in [1.807, 2.05) is 6.92 Å². The van der Waals surface area contributed by atoms with Crippen LogP contribution in [0.1, 0.15) is 32.1 Å². The Morgan fingerprint density at radius 1 is 1.39 bits per heavy atom. The van der Waals surface area contributed by atoms with Gasteiger partial charge < -0.3 is 9.73 Å². The molecule has 1 aromatic carbocycles. The van der Waals surface area contributed by atoms with Crippen molar-refractivity contribution in [3.8, 4) is 0 Å². The molecule has 0 spiro atoms. The summed E-state index contributed by atoms with van der Waals surface area (Å²) in [5.74, 6) is 0.499. The lowest BCUT2D eigenvalue weighted by atomic mass is 10.1. The molecule has 1 heterocycles. The van der Waals surface area contributed by atoms with Gasteiger partial charge >= 0.3 is 0 Å². The molecule has 0 unspecified atom stereocenters. The minimum Gasteiger partial charge on any atom is -0.458 e. The van der Waals surface area contributed by atoms with Crippen molar-refractivity contribution in [2.75, 3.05) is 0 Å². The minimum atomic E-state index is -0.272. The summed E-state index contributed by atoms with van der Waals surface area (Å²) in [7, 11) is 0. The van der Waals surface area contributed by atoms with Gasteiger partial charge in [-0.15, -0.1) is 0 Å². The molecule has 1 N–H and O–H groups in total. The molecule has 0 aliphatic rings. The van der Waals surface area contributed by atoms with Crippen molar-refractivity contribution in [1.29, 1.82) is 0 Å². The third-order valence-electron chi connectivity index (χ3n) is 2.95. The summed E-state index contributed by atoms with van der Waals surface area (Å²) in [5.41, 5.74) is 1.35. The number of hydrogen-bond acceptors (Lipinski definition) is 2. The zero-order valence-electron chi connectivity index (χ0n) is 10.8. The first-order chi connectivity index (χ1) is 8.54. The molecule has 0 aliphatic carbocycles. The van der Waals surface area contributed by atoms with E-state index in [4.69, 9.17) is 16.0 Å². The standard InChI is InChI=1S/C14H17ClFNO/c1-4-9-12(7-17-8(2)3)18-14-10(15)5-6-11(16)13(9)14/h5-6,8,17H,4,7H2,1-3H3. The number of rotatable bonds is 4. The van der Waals surface area contributed by atoms with Crippen molar-refractivity contribution in [3.63, 3.8) is 0 Å². The van der Waals surface area contributed by atoms with E-state index in [9.17, 15) is 4.39 Å². The van der Waals surface area contributed by atoms with Crippen LogP contribution < -0.4 is 5.32 Å². The predicted octanol–water partition coefficient (Wildman–Crippen LogP) is 4.29. The maximum atomic E-state index is 13.9. The average molecular weight is 270 g/mol. The van der Waals surface area contributed by atoms with Gasteiger partial charge in [-0.2, -0.15) is 0 Å². The second kappa shape index (κ2) is 5.29. The molecular weight excluding hydrogens is 253 g/mol. The van der Waals surface area contributed by atoms with Crippen molar-refractivity contribution in [2.24, 2.45) is 0 Å². The fraction of sp³-hybridized carbons (Fsp3) is 0.429. The number of halogens is 2. The second-order valence-corrected chi connectivity index (χ2v) is 5.03. The molecule has 0 aliphatic heterocycles. The lowest BCUT2D eigenvalue weighted by molar-refractivity contribution is 0.483. The smallest absolute Gasteiger partial charge is 0.156 e.